The lowest BCUT2D eigenvalue weighted by Gasteiger charge is -2.10. The molecule has 0 aliphatic rings. The number of halogens is 1. The van der Waals surface area contributed by atoms with E-state index < -0.39 is 5.91 Å². The van der Waals surface area contributed by atoms with Gasteiger partial charge in [0, 0.05) is 10.6 Å². The van der Waals surface area contributed by atoms with Gasteiger partial charge in [0.15, 0.2) is 5.82 Å². The maximum atomic E-state index is 13.0. The number of aromatic nitrogens is 3. The molecule has 0 spiro atoms. The van der Waals surface area contributed by atoms with Gasteiger partial charge in [-0.15, -0.1) is 5.10 Å². The fourth-order valence-corrected chi connectivity index (χ4v) is 3.39. The van der Waals surface area contributed by atoms with E-state index in [1.807, 2.05) is 68.4 Å². The number of benzene rings is 3. The summed E-state index contributed by atoms with van der Waals surface area (Å²) in [5.74, 6) is 0.715. The smallest absolute Gasteiger partial charge is 0.295 e. The minimum absolute atomic E-state index is 0.0425. The van der Waals surface area contributed by atoms with E-state index in [-0.39, 0.29) is 5.82 Å². The van der Waals surface area contributed by atoms with E-state index >= 15 is 0 Å². The number of amides is 1. The van der Waals surface area contributed by atoms with Gasteiger partial charge in [-0.1, -0.05) is 59.6 Å². The van der Waals surface area contributed by atoms with Gasteiger partial charge in [0.05, 0.1) is 18.5 Å². The Morgan fingerprint density at radius 3 is 2.48 bits per heavy atom. The van der Waals surface area contributed by atoms with E-state index in [0.29, 0.717) is 22.3 Å². The summed E-state index contributed by atoms with van der Waals surface area (Å²) >= 11 is 6.34. The molecule has 0 aliphatic carbocycles. The second-order valence-electron chi connectivity index (χ2n) is 7.08. The summed E-state index contributed by atoms with van der Waals surface area (Å²) in [5, 5.41) is 7.97. The molecule has 0 bridgehead atoms. The van der Waals surface area contributed by atoms with E-state index in [0.717, 1.165) is 22.4 Å². The second-order valence-corrected chi connectivity index (χ2v) is 7.48. The maximum absolute atomic E-state index is 13.0. The number of nitrogens with one attached hydrogen (secondary N) is 1. The maximum Gasteiger partial charge on any atom is 0.295 e. The largest absolute Gasteiger partial charge is 0.495 e. The quantitative estimate of drug-likeness (QED) is 0.454. The molecular weight excluding hydrogens is 412 g/mol. The average molecular weight is 433 g/mol. The molecule has 0 unspecified atom stereocenters. The van der Waals surface area contributed by atoms with Gasteiger partial charge in [-0.05, 0) is 43.7 Å². The molecule has 0 fully saturated rings. The molecule has 4 aromatic rings. The van der Waals surface area contributed by atoms with Crippen LogP contribution in [0, 0.1) is 13.8 Å². The van der Waals surface area contributed by atoms with Crippen LogP contribution in [0.2, 0.25) is 5.02 Å². The Labute approximate surface area is 185 Å². The number of ether oxygens (including phenoxy) is 1. The van der Waals surface area contributed by atoms with Crippen LogP contribution in [-0.4, -0.2) is 27.8 Å². The lowest BCUT2D eigenvalue weighted by atomic mass is 10.1. The van der Waals surface area contributed by atoms with Gasteiger partial charge in [0.2, 0.25) is 5.82 Å². The Morgan fingerprint density at radius 1 is 1.00 bits per heavy atom. The van der Waals surface area contributed by atoms with Gasteiger partial charge in [-0.2, -0.15) is 0 Å². The summed E-state index contributed by atoms with van der Waals surface area (Å²) in [5.41, 5.74) is 4.12. The fourth-order valence-electron chi connectivity index (χ4n) is 3.22. The first kappa shape index (κ1) is 20.6. The molecule has 0 aliphatic heterocycles. The van der Waals surface area contributed by atoms with Crippen LogP contribution in [0.15, 0.2) is 66.7 Å². The number of carbonyl (C=O) groups excluding carboxylic acids is 1. The summed E-state index contributed by atoms with van der Waals surface area (Å²) in [6.07, 6.45) is 0. The summed E-state index contributed by atoms with van der Waals surface area (Å²) in [7, 11) is 1.55. The number of rotatable bonds is 5. The molecule has 0 saturated heterocycles. The summed E-state index contributed by atoms with van der Waals surface area (Å²) in [4.78, 5) is 17.6. The molecule has 0 saturated carbocycles. The van der Waals surface area contributed by atoms with Crippen molar-refractivity contribution in [1.82, 2.24) is 14.8 Å². The summed E-state index contributed by atoms with van der Waals surface area (Å²) in [6.45, 7) is 3.93. The predicted octanol–water partition coefficient (Wildman–Crippen LogP) is 5.47. The number of hydrogen-bond acceptors (Lipinski definition) is 4. The van der Waals surface area contributed by atoms with Crippen LogP contribution in [0.4, 0.5) is 5.69 Å². The number of anilines is 1. The molecule has 1 amide bonds. The van der Waals surface area contributed by atoms with Gasteiger partial charge >= 0.3 is 0 Å². The van der Waals surface area contributed by atoms with Gasteiger partial charge in [-0.25, -0.2) is 9.67 Å². The van der Waals surface area contributed by atoms with Crippen molar-refractivity contribution in [3.63, 3.8) is 0 Å². The molecule has 6 nitrogen and oxygen atoms in total. The first-order chi connectivity index (χ1) is 15.0. The lowest BCUT2D eigenvalue weighted by Crippen LogP contribution is -2.15. The Bertz CT molecular complexity index is 1250. The summed E-state index contributed by atoms with van der Waals surface area (Å²) < 4.78 is 6.97. The van der Waals surface area contributed by atoms with Crippen molar-refractivity contribution in [2.24, 2.45) is 0 Å². The molecule has 7 heteroatoms. The summed E-state index contributed by atoms with van der Waals surface area (Å²) in [6, 6.07) is 20.6. The molecule has 0 atom stereocenters. The van der Waals surface area contributed by atoms with Crippen LogP contribution >= 0.6 is 11.6 Å². The van der Waals surface area contributed by atoms with E-state index in [1.165, 1.54) is 0 Å². The zero-order valence-corrected chi connectivity index (χ0v) is 18.1. The standard InChI is InChI=1S/C24H21ClN4O2/c1-15-11-13-17(14-12-15)23-27-22(24(30)26-19-8-4-5-10-21(19)31-3)28-29(23)20-9-6-7-18(25)16(20)2/h4-14H,1-3H3,(H,26,30). The van der Waals surface area contributed by atoms with E-state index in [1.54, 1.807) is 23.9 Å². The number of hydrogen-bond donors (Lipinski definition) is 1. The molecule has 3 aromatic carbocycles. The fraction of sp³-hybridized carbons (Fsp3) is 0.125. The van der Waals surface area contributed by atoms with Crippen LogP contribution in [0.25, 0.3) is 17.1 Å². The van der Waals surface area contributed by atoms with Crippen LogP contribution in [0.5, 0.6) is 5.75 Å². The van der Waals surface area contributed by atoms with Crippen molar-refractivity contribution in [2.45, 2.75) is 13.8 Å². The Hall–Kier alpha value is -3.64. The molecular formula is C24H21ClN4O2. The third-order valence-corrected chi connectivity index (χ3v) is 5.35. The van der Waals surface area contributed by atoms with Gasteiger partial charge in [-0.3, -0.25) is 4.79 Å². The second kappa shape index (κ2) is 8.62. The molecule has 4 rings (SSSR count). The third-order valence-electron chi connectivity index (χ3n) is 4.94. The molecule has 156 valence electrons. The van der Waals surface area contributed by atoms with Crippen molar-refractivity contribution in [3.05, 3.63) is 88.7 Å². The van der Waals surface area contributed by atoms with Gasteiger partial charge in [0.1, 0.15) is 5.75 Å². The van der Waals surface area contributed by atoms with E-state index in [9.17, 15) is 4.79 Å². The van der Waals surface area contributed by atoms with Crippen molar-refractivity contribution in [1.29, 1.82) is 0 Å². The highest BCUT2D eigenvalue weighted by Crippen LogP contribution is 2.28. The first-order valence-corrected chi connectivity index (χ1v) is 10.1. The van der Waals surface area contributed by atoms with Crippen molar-refractivity contribution in [2.75, 3.05) is 12.4 Å². The molecule has 0 radical (unpaired) electrons. The topological polar surface area (TPSA) is 69.0 Å². The Balaban J connectivity index is 1.80. The van der Waals surface area contributed by atoms with E-state index in [2.05, 4.69) is 15.4 Å². The van der Waals surface area contributed by atoms with Crippen LogP contribution < -0.4 is 10.1 Å². The third kappa shape index (κ3) is 4.15. The minimum atomic E-state index is -0.434. The van der Waals surface area contributed by atoms with Crippen molar-refractivity contribution < 1.29 is 9.53 Å². The predicted molar refractivity (Wildman–Crippen MR) is 122 cm³/mol. The highest BCUT2D eigenvalue weighted by molar-refractivity contribution is 6.31. The number of para-hydroxylation sites is 2. The number of aryl methyl sites for hydroxylation is 1. The lowest BCUT2D eigenvalue weighted by molar-refractivity contribution is 0.101. The van der Waals surface area contributed by atoms with Crippen LogP contribution in [-0.2, 0) is 0 Å². The zero-order chi connectivity index (χ0) is 22.0. The van der Waals surface area contributed by atoms with Gasteiger partial charge < -0.3 is 10.1 Å². The molecule has 1 heterocycles. The normalized spacial score (nSPS) is 10.7. The average Bonchev–Trinajstić information content (AvgIpc) is 3.22. The van der Waals surface area contributed by atoms with Crippen molar-refractivity contribution >= 4 is 23.2 Å². The Morgan fingerprint density at radius 2 is 1.74 bits per heavy atom. The van der Waals surface area contributed by atoms with Gasteiger partial charge in [0.25, 0.3) is 5.91 Å². The molecule has 1 N–H and O–H groups in total. The van der Waals surface area contributed by atoms with Crippen molar-refractivity contribution in [3.8, 4) is 22.8 Å². The molecule has 1 aromatic heterocycles. The van der Waals surface area contributed by atoms with Crippen LogP contribution in [0.1, 0.15) is 21.7 Å². The highest BCUT2D eigenvalue weighted by atomic mass is 35.5. The number of nitrogens with zero attached hydrogens (tertiary/aromatic N) is 3. The molecule has 31 heavy (non-hydrogen) atoms. The number of methoxy groups -OCH3 is 1. The number of carbonyl (C=O) groups is 1. The Kier molecular flexibility index (Phi) is 5.73. The van der Waals surface area contributed by atoms with Crippen LogP contribution in [0.3, 0.4) is 0 Å². The zero-order valence-electron chi connectivity index (χ0n) is 17.4. The monoisotopic (exact) mass is 432 g/mol. The first-order valence-electron chi connectivity index (χ1n) is 9.72. The highest BCUT2D eigenvalue weighted by Gasteiger charge is 2.21. The minimum Gasteiger partial charge on any atom is -0.495 e. The van der Waals surface area contributed by atoms with E-state index in [4.69, 9.17) is 16.3 Å². The SMILES string of the molecule is COc1ccccc1NC(=O)c1nc(-c2ccc(C)cc2)n(-c2cccc(Cl)c2C)n1.